The smallest absolute Gasteiger partial charge is 0.343 e. The highest BCUT2D eigenvalue weighted by Crippen LogP contribution is 2.34. The molecule has 2 aromatic rings. The van der Waals surface area contributed by atoms with Gasteiger partial charge in [-0.25, -0.2) is 9.18 Å². The Bertz CT molecular complexity index is 1020. The Kier molecular flexibility index (Phi) is 6.46. The lowest BCUT2D eigenvalue weighted by molar-refractivity contribution is -0.121. The average molecular weight is 429 g/mol. The third kappa shape index (κ3) is 4.72. The molecule has 0 atom stereocenters. The van der Waals surface area contributed by atoms with Gasteiger partial charge in [0.25, 0.3) is 5.91 Å². The van der Waals surface area contributed by atoms with Gasteiger partial charge in [0, 0.05) is 6.54 Å². The zero-order valence-corrected chi connectivity index (χ0v) is 17.0. The van der Waals surface area contributed by atoms with Crippen molar-refractivity contribution in [2.24, 2.45) is 0 Å². The van der Waals surface area contributed by atoms with Crippen molar-refractivity contribution >= 4 is 46.3 Å². The van der Waals surface area contributed by atoms with Crippen molar-refractivity contribution in [1.29, 1.82) is 0 Å². The second kappa shape index (κ2) is 9.02. The van der Waals surface area contributed by atoms with Gasteiger partial charge in [-0.2, -0.15) is 0 Å². The van der Waals surface area contributed by atoms with Crippen LogP contribution in [-0.2, 0) is 4.79 Å². The van der Waals surface area contributed by atoms with Crippen LogP contribution in [0.1, 0.15) is 15.9 Å². The molecule has 0 bridgehead atoms. The van der Waals surface area contributed by atoms with Crippen molar-refractivity contribution in [2.75, 3.05) is 13.7 Å². The highest BCUT2D eigenvalue weighted by atomic mass is 32.2. The van der Waals surface area contributed by atoms with Gasteiger partial charge in [0.1, 0.15) is 10.1 Å². The molecule has 8 heteroatoms. The highest BCUT2D eigenvalue weighted by Gasteiger charge is 2.31. The lowest BCUT2D eigenvalue weighted by Crippen LogP contribution is -2.27. The summed E-state index contributed by atoms with van der Waals surface area (Å²) >= 11 is 6.43. The molecule has 0 N–H and O–H groups in total. The third-order valence-corrected chi connectivity index (χ3v) is 5.33. The highest BCUT2D eigenvalue weighted by molar-refractivity contribution is 8.26. The minimum Gasteiger partial charge on any atom is -0.493 e. The van der Waals surface area contributed by atoms with Crippen LogP contribution in [0.15, 0.2) is 60.0 Å². The zero-order chi connectivity index (χ0) is 21.0. The molecule has 2 aromatic carbocycles. The number of hydrogen-bond donors (Lipinski definition) is 0. The fraction of sp³-hybridized carbons (Fsp3) is 0.0952. The van der Waals surface area contributed by atoms with E-state index >= 15 is 0 Å². The SMILES string of the molecule is C=CCN1C(=O)C(=Cc2ccc(OC(=O)c3ccc(F)cc3)c(OC)c2)SC1=S. The van der Waals surface area contributed by atoms with E-state index in [1.54, 1.807) is 30.4 Å². The number of benzene rings is 2. The van der Waals surface area contributed by atoms with Gasteiger partial charge in [0.2, 0.25) is 0 Å². The molecule has 5 nitrogen and oxygen atoms in total. The van der Waals surface area contributed by atoms with Crippen LogP contribution >= 0.6 is 24.0 Å². The maximum absolute atomic E-state index is 13.0. The molecule has 0 aliphatic carbocycles. The van der Waals surface area contributed by atoms with E-state index < -0.39 is 11.8 Å². The number of thiocarbonyl (C=S) groups is 1. The molecule has 1 heterocycles. The fourth-order valence-corrected chi connectivity index (χ4v) is 3.82. The Balaban J connectivity index is 1.81. The number of halogens is 1. The number of carbonyl (C=O) groups excluding carboxylic acids is 2. The van der Waals surface area contributed by atoms with Gasteiger partial charge in [-0.05, 0) is 48.0 Å². The summed E-state index contributed by atoms with van der Waals surface area (Å²) in [6, 6.07) is 9.94. The van der Waals surface area contributed by atoms with E-state index in [1.165, 1.54) is 48.0 Å². The van der Waals surface area contributed by atoms with Gasteiger partial charge in [0.15, 0.2) is 11.5 Å². The predicted molar refractivity (Wildman–Crippen MR) is 114 cm³/mol. The minimum atomic E-state index is -0.638. The number of amides is 1. The van der Waals surface area contributed by atoms with E-state index in [4.69, 9.17) is 21.7 Å². The molecule has 1 amide bonds. The largest absolute Gasteiger partial charge is 0.493 e. The number of hydrogen-bond acceptors (Lipinski definition) is 6. The third-order valence-electron chi connectivity index (χ3n) is 3.95. The standard InChI is InChI=1S/C21H16FNO4S2/c1-3-10-23-19(24)18(29-21(23)28)12-13-4-9-16(17(11-13)26-2)27-20(25)14-5-7-15(22)8-6-14/h3-9,11-12H,1,10H2,2H3. The normalized spacial score (nSPS) is 15.0. The first-order valence-corrected chi connectivity index (χ1v) is 9.67. The van der Waals surface area contributed by atoms with Crippen LogP contribution in [0.3, 0.4) is 0 Å². The number of nitrogens with zero attached hydrogens (tertiary/aromatic N) is 1. The summed E-state index contributed by atoms with van der Waals surface area (Å²) in [5.74, 6) is -0.747. The summed E-state index contributed by atoms with van der Waals surface area (Å²) in [4.78, 5) is 26.6. The molecule has 29 heavy (non-hydrogen) atoms. The number of rotatable bonds is 6. The van der Waals surface area contributed by atoms with Gasteiger partial charge in [0.05, 0.1) is 17.6 Å². The van der Waals surface area contributed by atoms with Crippen LogP contribution in [0.4, 0.5) is 4.39 Å². The lowest BCUT2D eigenvalue weighted by Gasteiger charge is -2.11. The molecule has 0 aromatic heterocycles. The maximum atomic E-state index is 13.0. The van der Waals surface area contributed by atoms with E-state index in [2.05, 4.69) is 6.58 Å². The number of ether oxygens (including phenoxy) is 2. The van der Waals surface area contributed by atoms with E-state index in [-0.39, 0.29) is 17.2 Å². The van der Waals surface area contributed by atoms with Gasteiger partial charge in [-0.1, -0.05) is 36.1 Å². The molecule has 1 saturated heterocycles. The Morgan fingerprint density at radius 1 is 1.24 bits per heavy atom. The molecule has 1 aliphatic rings. The van der Waals surface area contributed by atoms with Crippen molar-refractivity contribution in [3.05, 3.63) is 77.0 Å². The van der Waals surface area contributed by atoms with E-state index in [0.29, 0.717) is 27.1 Å². The summed E-state index contributed by atoms with van der Waals surface area (Å²) < 4.78 is 24.1. The van der Waals surface area contributed by atoms with Crippen LogP contribution in [0, 0.1) is 5.82 Å². The summed E-state index contributed by atoms with van der Waals surface area (Å²) in [5, 5.41) is 0. The fourth-order valence-electron chi connectivity index (χ4n) is 2.54. The van der Waals surface area contributed by atoms with Crippen molar-refractivity contribution in [3.63, 3.8) is 0 Å². The predicted octanol–water partition coefficient (Wildman–Crippen LogP) is 4.44. The molecule has 0 radical (unpaired) electrons. The van der Waals surface area contributed by atoms with Gasteiger partial charge < -0.3 is 9.47 Å². The molecule has 1 aliphatic heterocycles. The second-order valence-electron chi connectivity index (χ2n) is 5.89. The Morgan fingerprint density at radius 2 is 1.97 bits per heavy atom. The summed E-state index contributed by atoms with van der Waals surface area (Å²) in [7, 11) is 1.44. The number of esters is 1. The summed E-state index contributed by atoms with van der Waals surface area (Å²) in [6.07, 6.45) is 3.30. The lowest BCUT2D eigenvalue weighted by atomic mass is 10.1. The Labute approximate surface area is 176 Å². The van der Waals surface area contributed by atoms with Crippen molar-refractivity contribution < 1.29 is 23.5 Å². The van der Waals surface area contributed by atoms with Crippen LogP contribution < -0.4 is 9.47 Å². The van der Waals surface area contributed by atoms with E-state index in [9.17, 15) is 14.0 Å². The summed E-state index contributed by atoms with van der Waals surface area (Å²) in [5.41, 5.74) is 0.894. The Morgan fingerprint density at radius 3 is 2.62 bits per heavy atom. The molecule has 0 unspecified atom stereocenters. The monoisotopic (exact) mass is 429 g/mol. The van der Waals surface area contributed by atoms with Crippen LogP contribution in [-0.4, -0.2) is 34.8 Å². The van der Waals surface area contributed by atoms with Crippen LogP contribution in [0.5, 0.6) is 11.5 Å². The first kappa shape index (κ1) is 20.8. The van der Waals surface area contributed by atoms with Gasteiger partial charge >= 0.3 is 5.97 Å². The zero-order valence-electron chi connectivity index (χ0n) is 15.4. The number of methoxy groups -OCH3 is 1. The molecular formula is C21H16FNO4S2. The molecule has 0 saturated carbocycles. The van der Waals surface area contributed by atoms with E-state index in [0.717, 1.165) is 0 Å². The first-order chi connectivity index (χ1) is 13.9. The maximum Gasteiger partial charge on any atom is 0.343 e. The van der Waals surface area contributed by atoms with Crippen LogP contribution in [0.2, 0.25) is 0 Å². The van der Waals surface area contributed by atoms with Gasteiger partial charge in [-0.3, -0.25) is 9.69 Å². The first-order valence-electron chi connectivity index (χ1n) is 8.45. The van der Waals surface area contributed by atoms with Crippen molar-refractivity contribution in [2.45, 2.75) is 0 Å². The molecule has 148 valence electrons. The summed E-state index contributed by atoms with van der Waals surface area (Å²) in [6.45, 7) is 3.98. The molecule has 3 rings (SSSR count). The van der Waals surface area contributed by atoms with Gasteiger partial charge in [-0.15, -0.1) is 6.58 Å². The quantitative estimate of drug-likeness (QED) is 0.222. The second-order valence-corrected chi connectivity index (χ2v) is 7.56. The Hall–Kier alpha value is -2.97. The van der Waals surface area contributed by atoms with Crippen molar-refractivity contribution in [1.82, 2.24) is 4.90 Å². The molecular weight excluding hydrogens is 413 g/mol. The van der Waals surface area contributed by atoms with Crippen molar-refractivity contribution in [3.8, 4) is 11.5 Å². The number of thioether (sulfide) groups is 1. The average Bonchev–Trinajstić information content (AvgIpc) is 2.97. The molecule has 0 spiro atoms. The van der Waals surface area contributed by atoms with E-state index in [1.807, 2.05) is 0 Å². The topological polar surface area (TPSA) is 55.8 Å². The minimum absolute atomic E-state index is 0.189. The van der Waals surface area contributed by atoms with Crippen LogP contribution in [0.25, 0.3) is 6.08 Å². The number of carbonyl (C=O) groups is 2. The molecule has 1 fully saturated rings.